The van der Waals surface area contributed by atoms with Crippen LogP contribution >= 0.6 is 35.6 Å². The second-order valence-corrected chi connectivity index (χ2v) is 9.94. The molecule has 168 valence electrons. The molecule has 0 saturated carbocycles. The van der Waals surface area contributed by atoms with Crippen molar-refractivity contribution in [3.05, 3.63) is 58.6 Å². The fraction of sp³-hybridized carbons (Fsp3) is 0.348. The van der Waals surface area contributed by atoms with Gasteiger partial charge in [-0.15, -0.1) is 0 Å². The summed E-state index contributed by atoms with van der Waals surface area (Å²) in [6.07, 6.45) is 1.00. The maximum Gasteiger partial charge on any atom is 0.410 e. The standard InChI is InChI=1S/C23H23ClN2O4S2/c1-3-26-16(13-29-22(26)28)10-14-4-7-17(8-5-14)30-18-9-6-15(19(24)12-18)11-20-21(27)25(2)23(31)32-20/h4-9,12,16,20H,3,10-11,13H2,1-2H3. The highest BCUT2D eigenvalue weighted by molar-refractivity contribution is 8.24. The van der Waals surface area contributed by atoms with Crippen LogP contribution in [0.1, 0.15) is 18.1 Å². The number of likely N-dealkylation sites (N-methyl/N-ethyl adjacent to an activating group) is 1. The van der Waals surface area contributed by atoms with Gasteiger partial charge in [0.2, 0.25) is 5.91 Å². The zero-order valence-electron chi connectivity index (χ0n) is 17.7. The van der Waals surface area contributed by atoms with Crippen molar-refractivity contribution in [2.45, 2.75) is 31.1 Å². The number of amides is 2. The molecule has 2 unspecified atom stereocenters. The summed E-state index contributed by atoms with van der Waals surface area (Å²) in [6.45, 7) is 3.01. The molecule has 0 radical (unpaired) electrons. The summed E-state index contributed by atoms with van der Waals surface area (Å²) in [5, 5.41) is 0.312. The minimum absolute atomic E-state index is 0.00655. The molecule has 0 bridgehead atoms. The van der Waals surface area contributed by atoms with E-state index in [1.54, 1.807) is 18.0 Å². The molecule has 2 atom stereocenters. The number of hydrogen-bond donors (Lipinski definition) is 0. The summed E-state index contributed by atoms with van der Waals surface area (Å²) in [5.41, 5.74) is 1.99. The lowest BCUT2D eigenvalue weighted by atomic mass is 10.1. The van der Waals surface area contributed by atoms with Crippen molar-refractivity contribution >= 4 is 51.9 Å². The fourth-order valence-electron chi connectivity index (χ4n) is 3.79. The number of rotatable bonds is 7. The molecule has 0 aliphatic carbocycles. The molecule has 2 amide bonds. The molecule has 32 heavy (non-hydrogen) atoms. The fourth-order valence-corrected chi connectivity index (χ4v) is 5.49. The lowest BCUT2D eigenvalue weighted by molar-refractivity contribution is -0.125. The number of halogens is 1. The Morgan fingerprint density at radius 2 is 1.88 bits per heavy atom. The maximum absolute atomic E-state index is 12.3. The Bertz CT molecular complexity index is 1050. The predicted octanol–water partition coefficient (Wildman–Crippen LogP) is 4.92. The van der Waals surface area contributed by atoms with Crippen LogP contribution in [0.4, 0.5) is 4.79 Å². The Morgan fingerprint density at radius 3 is 2.50 bits per heavy atom. The highest BCUT2D eigenvalue weighted by Gasteiger charge is 2.34. The summed E-state index contributed by atoms with van der Waals surface area (Å²) < 4.78 is 11.7. The summed E-state index contributed by atoms with van der Waals surface area (Å²) in [7, 11) is 1.70. The largest absolute Gasteiger partial charge is 0.457 e. The minimum atomic E-state index is -0.247. The van der Waals surface area contributed by atoms with Gasteiger partial charge >= 0.3 is 6.09 Å². The topological polar surface area (TPSA) is 59.1 Å². The van der Waals surface area contributed by atoms with E-state index in [0.717, 1.165) is 17.5 Å². The first-order valence-electron chi connectivity index (χ1n) is 10.3. The first-order valence-corrected chi connectivity index (χ1v) is 12.0. The number of thioether (sulfide) groups is 1. The van der Waals surface area contributed by atoms with Crippen LogP contribution < -0.4 is 4.74 Å². The maximum atomic E-state index is 12.3. The zero-order valence-corrected chi connectivity index (χ0v) is 20.1. The van der Waals surface area contributed by atoms with E-state index in [1.807, 2.05) is 43.3 Å². The van der Waals surface area contributed by atoms with Gasteiger partial charge in [0.1, 0.15) is 22.4 Å². The van der Waals surface area contributed by atoms with Gasteiger partial charge < -0.3 is 14.4 Å². The van der Waals surface area contributed by atoms with Gasteiger partial charge in [-0.2, -0.15) is 0 Å². The number of carbonyl (C=O) groups is 2. The second kappa shape index (κ2) is 9.68. The molecule has 2 heterocycles. The van der Waals surface area contributed by atoms with Gasteiger partial charge in [-0.1, -0.05) is 53.8 Å². The SMILES string of the molecule is CCN1C(=O)OCC1Cc1ccc(Oc2ccc(CC3SC(=S)N(C)C3=O)c(Cl)c2)cc1. The van der Waals surface area contributed by atoms with Gasteiger partial charge in [-0.05, 0) is 55.2 Å². The van der Waals surface area contributed by atoms with Gasteiger partial charge in [0.15, 0.2) is 0 Å². The number of carbonyl (C=O) groups excluding carboxylic acids is 2. The molecule has 2 aliphatic rings. The van der Waals surface area contributed by atoms with E-state index in [1.165, 1.54) is 16.7 Å². The normalized spacial score (nSPS) is 20.8. The molecule has 9 heteroatoms. The molecule has 0 N–H and O–H groups in total. The predicted molar refractivity (Wildman–Crippen MR) is 130 cm³/mol. The van der Waals surface area contributed by atoms with Crippen LogP contribution in [0.2, 0.25) is 5.02 Å². The lowest BCUT2D eigenvalue weighted by Crippen LogP contribution is -2.34. The third-order valence-electron chi connectivity index (χ3n) is 5.60. The van der Waals surface area contributed by atoms with Crippen LogP contribution in [0.5, 0.6) is 11.5 Å². The van der Waals surface area contributed by atoms with Crippen LogP contribution in [0.15, 0.2) is 42.5 Å². The van der Waals surface area contributed by atoms with Crippen molar-refractivity contribution in [3.63, 3.8) is 0 Å². The van der Waals surface area contributed by atoms with E-state index in [0.29, 0.717) is 40.4 Å². The minimum Gasteiger partial charge on any atom is -0.457 e. The monoisotopic (exact) mass is 490 g/mol. The molecular formula is C23H23ClN2O4S2. The van der Waals surface area contributed by atoms with E-state index >= 15 is 0 Å². The van der Waals surface area contributed by atoms with Gasteiger partial charge in [0, 0.05) is 18.6 Å². The molecule has 2 fully saturated rings. The van der Waals surface area contributed by atoms with Crippen molar-refractivity contribution in [2.75, 3.05) is 20.2 Å². The summed E-state index contributed by atoms with van der Waals surface area (Å²) >= 11 is 13.1. The lowest BCUT2D eigenvalue weighted by Gasteiger charge is -2.19. The molecule has 2 saturated heterocycles. The van der Waals surface area contributed by atoms with Crippen LogP contribution in [-0.2, 0) is 22.4 Å². The van der Waals surface area contributed by atoms with E-state index in [-0.39, 0.29) is 23.3 Å². The van der Waals surface area contributed by atoms with Gasteiger partial charge in [0.05, 0.1) is 11.3 Å². The van der Waals surface area contributed by atoms with Crippen molar-refractivity contribution in [3.8, 4) is 11.5 Å². The first kappa shape index (κ1) is 22.9. The molecule has 2 aromatic rings. The average Bonchev–Trinajstić information content (AvgIpc) is 3.24. The van der Waals surface area contributed by atoms with Crippen molar-refractivity contribution in [1.82, 2.24) is 9.80 Å². The molecule has 0 aromatic heterocycles. The van der Waals surface area contributed by atoms with Gasteiger partial charge in [0.25, 0.3) is 0 Å². The summed E-state index contributed by atoms with van der Waals surface area (Å²) in [6, 6.07) is 13.3. The zero-order chi connectivity index (χ0) is 22.8. The third-order valence-corrected chi connectivity index (χ3v) is 7.64. The number of hydrogen-bond acceptors (Lipinski definition) is 6. The Balaban J connectivity index is 1.37. The van der Waals surface area contributed by atoms with Crippen LogP contribution in [-0.4, -0.2) is 57.6 Å². The Hall–Kier alpha value is -2.29. The Morgan fingerprint density at radius 1 is 1.16 bits per heavy atom. The highest BCUT2D eigenvalue weighted by atomic mass is 35.5. The van der Waals surface area contributed by atoms with E-state index in [9.17, 15) is 9.59 Å². The third kappa shape index (κ3) is 4.87. The smallest absolute Gasteiger partial charge is 0.410 e. The van der Waals surface area contributed by atoms with Crippen molar-refractivity contribution in [2.24, 2.45) is 0 Å². The highest BCUT2D eigenvalue weighted by Crippen LogP contribution is 2.33. The van der Waals surface area contributed by atoms with Crippen molar-refractivity contribution in [1.29, 1.82) is 0 Å². The quantitative estimate of drug-likeness (QED) is 0.513. The number of benzene rings is 2. The number of thiocarbonyl (C=S) groups is 1. The number of cyclic esters (lactones) is 1. The molecule has 0 spiro atoms. The van der Waals surface area contributed by atoms with E-state index in [2.05, 4.69) is 0 Å². The Labute approximate surface area is 201 Å². The average molecular weight is 491 g/mol. The molecule has 4 rings (SSSR count). The molecular weight excluding hydrogens is 468 g/mol. The van der Waals surface area contributed by atoms with Crippen LogP contribution in [0, 0.1) is 0 Å². The molecule has 2 aromatic carbocycles. The molecule has 2 aliphatic heterocycles. The molecule has 6 nitrogen and oxygen atoms in total. The Kier molecular flexibility index (Phi) is 6.93. The van der Waals surface area contributed by atoms with E-state index < -0.39 is 0 Å². The first-order chi connectivity index (χ1) is 15.4. The van der Waals surface area contributed by atoms with Crippen molar-refractivity contribution < 1.29 is 19.1 Å². The number of ether oxygens (including phenoxy) is 2. The van der Waals surface area contributed by atoms with E-state index in [4.69, 9.17) is 33.3 Å². The number of nitrogens with zero attached hydrogens (tertiary/aromatic N) is 2. The van der Waals surface area contributed by atoms with Gasteiger partial charge in [-0.25, -0.2) is 4.79 Å². The summed E-state index contributed by atoms with van der Waals surface area (Å²) in [4.78, 5) is 27.2. The summed E-state index contributed by atoms with van der Waals surface area (Å²) in [5.74, 6) is 1.32. The van der Waals surface area contributed by atoms with Crippen LogP contribution in [0.25, 0.3) is 0 Å². The second-order valence-electron chi connectivity index (χ2n) is 7.69. The van der Waals surface area contributed by atoms with Gasteiger partial charge in [-0.3, -0.25) is 9.69 Å². The van der Waals surface area contributed by atoms with Crippen LogP contribution in [0.3, 0.4) is 0 Å².